The Kier molecular flexibility index (Phi) is 4.98. The molecule has 1 aliphatic rings. The Morgan fingerprint density at radius 3 is 2.30 bits per heavy atom. The Morgan fingerprint density at radius 2 is 1.63 bits per heavy atom. The third-order valence-electron chi connectivity index (χ3n) is 4.30. The van der Waals surface area contributed by atoms with Crippen LogP contribution in [0.5, 0.6) is 0 Å². The van der Waals surface area contributed by atoms with Crippen molar-refractivity contribution >= 4 is 34.5 Å². The van der Waals surface area contributed by atoms with Gasteiger partial charge in [-0.05, 0) is 37.1 Å². The molecule has 3 aromatic rings. The molecule has 1 aromatic heterocycles. The van der Waals surface area contributed by atoms with Crippen molar-refractivity contribution in [2.75, 3.05) is 10.6 Å². The minimum Gasteiger partial charge on any atom is -0.326 e. The van der Waals surface area contributed by atoms with Crippen molar-refractivity contribution in [2.45, 2.75) is 19.3 Å². The summed E-state index contributed by atoms with van der Waals surface area (Å²) in [6, 6.07) is 17.1. The topological polar surface area (TPSA) is 71.1 Å². The van der Waals surface area contributed by atoms with Crippen LogP contribution in [0.3, 0.4) is 0 Å². The Balaban J connectivity index is 1.32. The normalized spacial score (nSPS) is 13.2. The average Bonchev–Trinajstić information content (AvgIpc) is 3.44. The van der Waals surface area contributed by atoms with Crippen LogP contribution in [0.1, 0.15) is 18.5 Å². The standard InChI is InChI=1S/C21H19N3O2S/c25-19(12-18-13-27-21(24-18)15-4-2-1-3-5-15)22-16-8-10-17(11-9-16)23-20(26)14-6-7-14/h1-5,8-11,13-14H,6-7,12H2,(H,22,25)(H,23,26). The smallest absolute Gasteiger partial charge is 0.230 e. The second-order valence-electron chi connectivity index (χ2n) is 6.58. The number of hydrogen-bond donors (Lipinski definition) is 2. The van der Waals surface area contributed by atoms with Crippen molar-refractivity contribution in [1.82, 2.24) is 4.98 Å². The van der Waals surface area contributed by atoms with Gasteiger partial charge in [-0.15, -0.1) is 11.3 Å². The third-order valence-corrected chi connectivity index (χ3v) is 5.24. The quantitative estimate of drug-likeness (QED) is 0.671. The van der Waals surface area contributed by atoms with E-state index in [2.05, 4.69) is 15.6 Å². The van der Waals surface area contributed by atoms with Crippen molar-refractivity contribution < 1.29 is 9.59 Å². The van der Waals surface area contributed by atoms with Crippen molar-refractivity contribution in [1.29, 1.82) is 0 Å². The van der Waals surface area contributed by atoms with Gasteiger partial charge in [-0.25, -0.2) is 4.98 Å². The molecule has 4 rings (SSSR count). The number of nitrogens with zero attached hydrogens (tertiary/aromatic N) is 1. The molecule has 0 aliphatic heterocycles. The molecule has 0 saturated heterocycles. The molecule has 1 saturated carbocycles. The molecule has 0 radical (unpaired) electrons. The molecule has 0 unspecified atom stereocenters. The second kappa shape index (κ2) is 7.72. The lowest BCUT2D eigenvalue weighted by molar-refractivity contribution is -0.117. The number of benzene rings is 2. The third kappa shape index (κ3) is 4.60. The zero-order valence-corrected chi connectivity index (χ0v) is 15.5. The summed E-state index contributed by atoms with van der Waals surface area (Å²) in [4.78, 5) is 28.6. The van der Waals surface area contributed by atoms with Crippen LogP contribution in [0.2, 0.25) is 0 Å². The van der Waals surface area contributed by atoms with Crippen LogP contribution in [0.25, 0.3) is 10.6 Å². The van der Waals surface area contributed by atoms with E-state index in [9.17, 15) is 9.59 Å². The first-order valence-electron chi connectivity index (χ1n) is 8.88. The van der Waals surface area contributed by atoms with Gasteiger partial charge in [0, 0.05) is 28.2 Å². The number of anilines is 2. The summed E-state index contributed by atoms with van der Waals surface area (Å²) in [5.74, 6) is 0.127. The SMILES string of the molecule is O=C(Cc1csc(-c2ccccc2)n1)Nc1ccc(NC(=O)C2CC2)cc1. The Labute approximate surface area is 161 Å². The van der Waals surface area contributed by atoms with Crippen LogP contribution >= 0.6 is 11.3 Å². The van der Waals surface area contributed by atoms with Gasteiger partial charge < -0.3 is 10.6 Å². The van der Waals surface area contributed by atoms with E-state index in [1.54, 1.807) is 24.3 Å². The van der Waals surface area contributed by atoms with Crippen molar-refractivity contribution in [3.63, 3.8) is 0 Å². The predicted octanol–water partition coefficient (Wildman–Crippen LogP) is 4.34. The van der Waals surface area contributed by atoms with Crippen molar-refractivity contribution in [3.8, 4) is 10.6 Å². The summed E-state index contributed by atoms with van der Waals surface area (Å²) in [6.07, 6.45) is 2.18. The first-order chi connectivity index (χ1) is 13.2. The number of amides is 2. The average molecular weight is 377 g/mol. The van der Waals surface area contributed by atoms with Crippen LogP contribution in [0.15, 0.2) is 60.0 Å². The molecule has 27 heavy (non-hydrogen) atoms. The molecule has 1 fully saturated rings. The van der Waals surface area contributed by atoms with Crippen LogP contribution in [-0.2, 0) is 16.0 Å². The molecule has 1 aliphatic carbocycles. The summed E-state index contributed by atoms with van der Waals surface area (Å²) < 4.78 is 0. The highest BCUT2D eigenvalue weighted by atomic mass is 32.1. The summed E-state index contributed by atoms with van der Waals surface area (Å²) in [7, 11) is 0. The fourth-order valence-corrected chi connectivity index (χ4v) is 3.52. The maximum atomic E-state index is 12.3. The summed E-state index contributed by atoms with van der Waals surface area (Å²) >= 11 is 1.53. The molecule has 0 bridgehead atoms. The van der Waals surface area contributed by atoms with Gasteiger partial charge in [0.15, 0.2) is 0 Å². The Bertz CT molecular complexity index is 947. The van der Waals surface area contributed by atoms with Crippen LogP contribution in [0.4, 0.5) is 11.4 Å². The maximum absolute atomic E-state index is 12.3. The van der Waals surface area contributed by atoms with E-state index < -0.39 is 0 Å². The molecule has 0 atom stereocenters. The second-order valence-corrected chi connectivity index (χ2v) is 7.43. The molecular formula is C21H19N3O2S. The molecule has 0 spiro atoms. The molecule has 2 N–H and O–H groups in total. The summed E-state index contributed by atoms with van der Waals surface area (Å²) in [5, 5.41) is 8.58. The van der Waals surface area contributed by atoms with E-state index in [4.69, 9.17) is 0 Å². The lowest BCUT2D eigenvalue weighted by atomic mass is 10.2. The van der Waals surface area contributed by atoms with E-state index in [0.717, 1.165) is 34.8 Å². The van der Waals surface area contributed by atoms with Gasteiger partial charge in [0.2, 0.25) is 11.8 Å². The Morgan fingerprint density at radius 1 is 0.963 bits per heavy atom. The van der Waals surface area contributed by atoms with E-state index in [1.807, 2.05) is 35.7 Å². The number of hydrogen-bond acceptors (Lipinski definition) is 4. The molecular weight excluding hydrogens is 358 g/mol. The Hall–Kier alpha value is -2.99. The van der Waals surface area contributed by atoms with E-state index in [0.29, 0.717) is 5.69 Å². The van der Waals surface area contributed by atoms with Gasteiger partial charge in [0.25, 0.3) is 0 Å². The van der Waals surface area contributed by atoms with Gasteiger partial charge in [-0.1, -0.05) is 30.3 Å². The minimum absolute atomic E-state index is 0.0736. The highest BCUT2D eigenvalue weighted by molar-refractivity contribution is 7.13. The first-order valence-corrected chi connectivity index (χ1v) is 9.76. The van der Waals surface area contributed by atoms with Crippen LogP contribution in [0, 0.1) is 5.92 Å². The first kappa shape index (κ1) is 17.4. The highest BCUT2D eigenvalue weighted by Gasteiger charge is 2.29. The highest BCUT2D eigenvalue weighted by Crippen LogP contribution is 2.30. The molecule has 136 valence electrons. The van der Waals surface area contributed by atoms with Gasteiger partial charge in [0.05, 0.1) is 12.1 Å². The molecule has 2 aromatic carbocycles. The predicted molar refractivity (Wildman–Crippen MR) is 108 cm³/mol. The number of carbonyl (C=O) groups is 2. The van der Waals surface area contributed by atoms with Crippen LogP contribution < -0.4 is 10.6 Å². The van der Waals surface area contributed by atoms with Crippen LogP contribution in [-0.4, -0.2) is 16.8 Å². The monoisotopic (exact) mass is 377 g/mol. The molecule has 2 amide bonds. The lowest BCUT2D eigenvalue weighted by Crippen LogP contribution is -2.15. The summed E-state index contributed by atoms with van der Waals surface area (Å²) in [6.45, 7) is 0. The lowest BCUT2D eigenvalue weighted by Gasteiger charge is -2.07. The van der Waals surface area contributed by atoms with Gasteiger partial charge in [-0.2, -0.15) is 0 Å². The zero-order chi connectivity index (χ0) is 18.6. The van der Waals surface area contributed by atoms with Crippen molar-refractivity contribution in [2.24, 2.45) is 5.92 Å². The molecule has 6 heteroatoms. The van der Waals surface area contributed by atoms with Gasteiger partial charge in [0.1, 0.15) is 5.01 Å². The van der Waals surface area contributed by atoms with Gasteiger partial charge >= 0.3 is 0 Å². The number of aromatic nitrogens is 1. The number of nitrogens with one attached hydrogen (secondary N) is 2. The molecule has 1 heterocycles. The molecule has 5 nitrogen and oxygen atoms in total. The van der Waals surface area contributed by atoms with Crippen molar-refractivity contribution in [3.05, 3.63) is 65.7 Å². The number of rotatable bonds is 6. The summed E-state index contributed by atoms with van der Waals surface area (Å²) in [5.41, 5.74) is 3.25. The largest absolute Gasteiger partial charge is 0.326 e. The minimum atomic E-state index is -0.116. The van der Waals surface area contributed by atoms with Gasteiger partial charge in [-0.3, -0.25) is 9.59 Å². The number of carbonyl (C=O) groups excluding carboxylic acids is 2. The zero-order valence-electron chi connectivity index (χ0n) is 14.6. The van der Waals surface area contributed by atoms with E-state index in [1.165, 1.54) is 11.3 Å². The number of thiazole rings is 1. The maximum Gasteiger partial charge on any atom is 0.230 e. The fraction of sp³-hybridized carbons (Fsp3) is 0.190. The fourth-order valence-electron chi connectivity index (χ4n) is 2.70. The van der Waals surface area contributed by atoms with E-state index >= 15 is 0 Å². The van der Waals surface area contributed by atoms with E-state index in [-0.39, 0.29) is 24.2 Å².